The lowest BCUT2D eigenvalue weighted by atomic mass is 10.1. The summed E-state index contributed by atoms with van der Waals surface area (Å²) in [4.78, 5) is 46.0. The normalized spacial score (nSPS) is 17.5. The van der Waals surface area contributed by atoms with Gasteiger partial charge in [0.2, 0.25) is 11.8 Å². The predicted molar refractivity (Wildman–Crippen MR) is 118 cm³/mol. The number of amides is 2. The molecule has 0 saturated carbocycles. The standard InChI is InChI=1S/C21H32N6O3/c1-14(19(29)22-15-6-7-16-17(12-15)24-20(30)23-16)27-9-5-8-26(10-11-27)13-18(28)25-21(2,3)4/h6-7,12,14H,5,8-11,13H2,1-4H3,(H,22,29)(H,25,28)(H2,23,24,30)/t14-/m1/s1. The highest BCUT2D eigenvalue weighted by molar-refractivity contribution is 5.96. The Morgan fingerprint density at radius 1 is 1.10 bits per heavy atom. The maximum atomic E-state index is 12.8. The molecule has 1 aromatic heterocycles. The molecule has 0 radical (unpaired) electrons. The minimum Gasteiger partial charge on any atom is -0.350 e. The van der Waals surface area contributed by atoms with E-state index in [4.69, 9.17) is 0 Å². The first-order valence-corrected chi connectivity index (χ1v) is 10.4. The second kappa shape index (κ2) is 9.01. The molecule has 0 unspecified atom stereocenters. The van der Waals surface area contributed by atoms with Gasteiger partial charge in [-0.2, -0.15) is 0 Å². The molecule has 30 heavy (non-hydrogen) atoms. The Morgan fingerprint density at radius 3 is 2.57 bits per heavy atom. The number of anilines is 1. The Bertz CT molecular complexity index is 958. The molecule has 2 amide bonds. The van der Waals surface area contributed by atoms with E-state index in [0.717, 1.165) is 32.6 Å². The number of nitrogens with one attached hydrogen (secondary N) is 4. The Morgan fingerprint density at radius 2 is 1.83 bits per heavy atom. The van der Waals surface area contributed by atoms with Crippen molar-refractivity contribution < 1.29 is 9.59 Å². The van der Waals surface area contributed by atoms with Crippen molar-refractivity contribution in [2.45, 2.75) is 45.7 Å². The number of nitrogens with zero attached hydrogens (tertiary/aromatic N) is 2. The lowest BCUT2D eigenvalue weighted by molar-refractivity contribution is -0.124. The van der Waals surface area contributed by atoms with Crippen LogP contribution in [0.15, 0.2) is 23.0 Å². The van der Waals surface area contributed by atoms with Gasteiger partial charge in [-0.15, -0.1) is 0 Å². The fourth-order valence-corrected chi connectivity index (χ4v) is 3.72. The fourth-order valence-electron chi connectivity index (χ4n) is 3.72. The molecular weight excluding hydrogens is 384 g/mol. The molecule has 0 spiro atoms. The molecule has 1 aliphatic rings. The molecule has 1 saturated heterocycles. The molecule has 2 heterocycles. The number of aromatic amines is 2. The van der Waals surface area contributed by atoms with E-state index in [2.05, 4.69) is 30.4 Å². The highest BCUT2D eigenvalue weighted by atomic mass is 16.2. The molecule has 1 aliphatic heterocycles. The molecule has 4 N–H and O–H groups in total. The summed E-state index contributed by atoms with van der Waals surface area (Å²) in [5, 5.41) is 5.93. The topological polar surface area (TPSA) is 113 Å². The van der Waals surface area contributed by atoms with E-state index in [9.17, 15) is 14.4 Å². The van der Waals surface area contributed by atoms with E-state index in [1.165, 1.54) is 0 Å². The fraction of sp³-hybridized carbons (Fsp3) is 0.571. The minimum atomic E-state index is -0.297. The van der Waals surface area contributed by atoms with Crippen LogP contribution in [0.3, 0.4) is 0 Å². The van der Waals surface area contributed by atoms with Crippen LogP contribution < -0.4 is 16.3 Å². The van der Waals surface area contributed by atoms with Crippen molar-refractivity contribution in [3.05, 3.63) is 28.7 Å². The van der Waals surface area contributed by atoms with Crippen molar-refractivity contribution in [1.29, 1.82) is 0 Å². The number of hydrogen-bond acceptors (Lipinski definition) is 5. The van der Waals surface area contributed by atoms with Gasteiger partial charge in [0.1, 0.15) is 0 Å². The zero-order valence-electron chi connectivity index (χ0n) is 18.2. The van der Waals surface area contributed by atoms with Crippen LogP contribution in [0.2, 0.25) is 0 Å². The lowest BCUT2D eigenvalue weighted by Gasteiger charge is -2.27. The van der Waals surface area contributed by atoms with Crippen molar-refractivity contribution in [2.75, 3.05) is 38.0 Å². The summed E-state index contributed by atoms with van der Waals surface area (Å²) in [6, 6.07) is 4.99. The molecule has 0 aliphatic carbocycles. The van der Waals surface area contributed by atoms with Gasteiger partial charge < -0.3 is 20.6 Å². The van der Waals surface area contributed by atoms with Gasteiger partial charge in [-0.05, 0) is 58.9 Å². The van der Waals surface area contributed by atoms with E-state index in [-0.39, 0.29) is 29.1 Å². The van der Waals surface area contributed by atoms with Gasteiger partial charge >= 0.3 is 5.69 Å². The number of H-pyrrole nitrogens is 2. The van der Waals surface area contributed by atoms with Crippen LogP contribution in [-0.2, 0) is 9.59 Å². The van der Waals surface area contributed by atoms with Gasteiger partial charge in [-0.25, -0.2) is 4.79 Å². The number of carbonyl (C=O) groups excluding carboxylic acids is 2. The highest BCUT2D eigenvalue weighted by Crippen LogP contribution is 2.16. The smallest absolute Gasteiger partial charge is 0.323 e. The largest absolute Gasteiger partial charge is 0.350 e. The van der Waals surface area contributed by atoms with Crippen molar-refractivity contribution in [3.63, 3.8) is 0 Å². The number of fused-ring (bicyclic) bond motifs is 1. The predicted octanol–water partition coefficient (Wildman–Crippen LogP) is 1.11. The average Bonchev–Trinajstić information content (AvgIpc) is 2.85. The summed E-state index contributed by atoms with van der Waals surface area (Å²) in [5.74, 6) is -0.0638. The third kappa shape index (κ3) is 5.93. The molecule has 1 fully saturated rings. The van der Waals surface area contributed by atoms with Gasteiger partial charge in [-0.1, -0.05) is 0 Å². The number of carbonyl (C=O) groups is 2. The number of rotatable bonds is 5. The first kappa shape index (κ1) is 22.0. The van der Waals surface area contributed by atoms with Gasteiger partial charge in [0.15, 0.2) is 0 Å². The van der Waals surface area contributed by atoms with Crippen LogP contribution >= 0.6 is 0 Å². The zero-order chi connectivity index (χ0) is 21.9. The first-order chi connectivity index (χ1) is 14.1. The SMILES string of the molecule is C[C@H](C(=O)Nc1ccc2[nH]c(=O)[nH]c2c1)N1CCCN(CC(=O)NC(C)(C)C)CC1. The van der Waals surface area contributed by atoms with Crippen LogP contribution in [0, 0.1) is 0 Å². The molecule has 1 atom stereocenters. The Hall–Kier alpha value is -2.65. The Kier molecular flexibility index (Phi) is 6.62. The maximum absolute atomic E-state index is 12.8. The minimum absolute atomic E-state index is 0.0277. The highest BCUT2D eigenvalue weighted by Gasteiger charge is 2.25. The van der Waals surface area contributed by atoms with E-state index >= 15 is 0 Å². The summed E-state index contributed by atoms with van der Waals surface area (Å²) in [7, 11) is 0. The Labute approximate surface area is 176 Å². The quantitative estimate of drug-likeness (QED) is 0.583. The third-order valence-corrected chi connectivity index (χ3v) is 5.22. The molecule has 0 bridgehead atoms. The molecular formula is C21H32N6O3. The Balaban J connectivity index is 1.54. The number of imidazole rings is 1. The number of aromatic nitrogens is 2. The molecule has 9 nitrogen and oxygen atoms in total. The second-order valence-corrected chi connectivity index (χ2v) is 8.97. The summed E-state index contributed by atoms with van der Waals surface area (Å²) < 4.78 is 0. The second-order valence-electron chi connectivity index (χ2n) is 8.97. The monoisotopic (exact) mass is 416 g/mol. The molecule has 9 heteroatoms. The van der Waals surface area contributed by atoms with Crippen LogP contribution in [0.4, 0.5) is 5.69 Å². The van der Waals surface area contributed by atoms with E-state index < -0.39 is 0 Å². The van der Waals surface area contributed by atoms with Crippen LogP contribution in [0.25, 0.3) is 11.0 Å². The number of hydrogen-bond donors (Lipinski definition) is 4. The third-order valence-electron chi connectivity index (χ3n) is 5.22. The van der Waals surface area contributed by atoms with Crippen molar-refractivity contribution in [2.24, 2.45) is 0 Å². The molecule has 3 rings (SSSR count). The maximum Gasteiger partial charge on any atom is 0.323 e. The van der Waals surface area contributed by atoms with Gasteiger partial charge in [0, 0.05) is 30.9 Å². The molecule has 2 aromatic rings. The number of benzene rings is 1. The lowest BCUT2D eigenvalue weighted by Crippen LogP contribution is -2.47. The zero-order valence-corrected chi connectivity index (χ0v) is 18.2. The van der Waals surface area contributed by atoms with E-state index in [0.29, 0.717) is 23.3 Å². The molecule has 1 aromatic carbocycles. The van der Waals surface area contributed by atoms with Crippen LogP contribution in [-0.4, -0.2) is 75.9 Å². The average molecular weight is 417 g/mol. The van der Waals surface area contributed by atoms with Crippen molar-refractivity contribution in [1.82, 2.24) is 25.1 Å². The summed E-state index contributed by atoms with van der Waals surface area (Å²) in [6.07, 6.45) is 0.900. The van der Waals surface area contributed by atoms with Crippen molar-refractivity contribution >= 4 is 28.5 Å². The summed E-state index contributed by atoms with van der Waals surface area (Å²) in [6.45, 7) is 11.3. The van der Waals surface area contributed by atoms with Gasteiger partial charge in [-0.3, -0.25) is 19.4 Å². The summed E-state index contributed by atoms with van der Waals surface area (Å²) >= 11 is 0. The van der Waals surface area contributed by atoms with E-state index in [1.54, 1.807) is 18.2 Å². The van der Waals surface area contributed by atoms with Crippen molar-refractivity contribution in [3.8, 4) is 0 Å². The summed E-state index contributed by atoms with van der Waals surface area (Å²) in [5.41, 5.74) is 1.49. The first-order valence-electron chi connectivity index (χ1n) is 10.4. The van der Waals surface area contributed by atoms with Gasteiger partial charge in [0.05, 0.1) is 23.6 Å². The molecule has 164 valence electrons. The van der Waals surface area contributed by atoms with Crippen LogP contribution in [0.1, 0.15) is 34.1 Å². The van der Waals surface area contributed by atoms with E-state index in [1.807, 2.05) is 27.7 Å². The van der Waals surface area contributed by atoms with Gasteiger partial charge in [0.25, 0.3) is 0 Å². The van der Waals surface area contributed by atoms with Crippen LogP contribution in [0.5, 0.6) is 0 Å².